The first kappa shape index (κ1) is 12.5. The highest BCUT2D eigenvalue weighted by atomic mass is 16.3. The SMILES string of the molecule is CC(C)NCC(=O)N1CCC(C)(O)CC1. The standard InChI is InChI=1S/C11H22N2O2/c1-9(2)12-8-10(14)13-6-4-11(3,15)5-7-13/h9,12,15H,4-8H2,1-3H3. The minimum atomic E-state index is -0.581. The van der Waals surface area contributed by atoms with E-state index >= 15 is 0 Å². The second-order valence-electron chi connectivity index (χ2n) is 4.91. The molecule has 0 aromatic carbocycles. The predicted molar refractivity (Wildman–Crippen MR) is 59.6 cm³/mol. The van der Waals surface area contributed by atoms with Gasteiger partial charge in [0.1, 0.15) is 0 Å². The Kier molecular flexibility index (Phi) is 4.11. The van der Waals surface area contributed by atoms with Crippen molar-refractivity contribution in [2.45, 2.75) is 45.3 Å². The number of piperidine rings is 1. The third-order valence-electron chi connectivity index (χ3n) is 2.85. The fraction of sp³-hybridized carbons (Fsp3) is 0.909. The van der Waals surface area contributed by atoms with Crippen molar-refractivity contribution < 1.29 is 9.90 Å². The first-order chi connectivity index (χ1) is 6.91. The van der Waals surface area contributed by atoms with Crippen molar-refractivity contribution in [2.24, 2.45) is 0 Å². The fourth-order valence-corrected chi connectivity index (χ4v) is 1.64. The Labute approximate surface area is 91.6 Å². The summed E-state index contributed by atoms with van der Waals surface area (Å²) in [6.45, 7) is 7.63. The van der Waals surface area contributed by atoms with E-state index in [9.17, 15) is 9.90 Å². The van der Waals surface area contributed by atoms with Gasteiger partial charge in [-0.3, -0.25) is 4.79 Å². The zero-order valence-electron chi connectivity index (χ0n) is 9.92. The molecule has 0 aliphatic carbocycles. The van der Waals surface area contributed by atoms with Gasteiger partial charge in [0.15, 0.2) is 0 Å². The minimum absolute atomic E-state index is 0.138. The molecule has 0 saturated carbocycles. The predicted octanol–water partition coefficient (Wildman–Crippen LogP) is 0.358. The number of rotatable bonds is 3. The summed E-state index contributed by atoms with van der Waals surface area (Å²) in [6, 6.07) is 0.335. The maximum Gasteiger partial charge on any atom is 0.236 e. The van der Waals surface area contributed by atoms with Gasteiger partial charge in [-0.2, -0.15) is 0 Å². The van der Waals surface area contributed by atoms with E-state index in [4.69, 9.17) is 0 Å². The number of amides is 1. The van der Waals surface area contributed by atoms with E-state index in [-0.39, 0.29) is 5.91 Å². The van der Waals surface area contributed by atoms with Gasteiger partial charge in [-0.05, 0) is 19.8 Å². The topological polar surface area (TPSA) is 52.6 Å². The Morgan fingerprint density at radius 2 is 2.00 bits per heavy atom. The van der Waals surface area contributed by atoms with Gasteiger partial charge in [-0.15, -0.1) is 0 Å². The molecule has 0 radical (unpaired) electrons. The monoisotopic (exact) mass is 214 g/mol. The quantitative estimate of drug-likeness (QED) is 0.713. The van der Waals surface area contributed by atoms with Crippen LogP contribution in [-0.4, -0.2) is 47.2 Å². The molecule has 1 heterocycles. The maximum absolute atomic E-state index is 11.7. The molecule has 1 saturated heterocycles. The summed E-state index contributed by atoms with van der Waals surface area (Å²) < 4.78 is 0. The molecule has 2 N–H and O–H groups in total. The van der Waals surface area contributed by atoms with Crippen LogP contribution in [0.15, 0.2) is 0 Å². The van der Waals surface area contributed by atoms with Gasteiger partial charge in [0.05, 0.1) is 12.1 Å². The molecule has 4 heteroatoms. The number of nitrogens with one attached hydrogen (secondary N) is 1. The molecule has 0 unspecified atom stereocenters. The Bertz CT molecular complexity index is 217. The summed E-state index contributed by atoms with van der Waals surface area (Å²) in [5, 5.41) is 12.8. The lowest BCUT2D eigenvalue weighted by Gasteiger charge is -2.36. The number of carbonyl (C=O) groups excluding carboxylic acids is 1. The molecule has 0 atom stereocenters. The van der Waals surface area contributed by atoms with Crippen LogP contribution in [0.3, 0.4) is 0 Å². The number of carbonyl (C=O) groups is 1. The molecule has 1 aliphatic heterocycles. The third-order valence-corrected chi connectivity index (χ3v) is 2.85. The van der Waals surface area contributed by atoms with Crippen LogP contribution in [-0.2, 0) is 4.79 Å². The van der Waals surface area contributed by atoms with Crippen LogP contribution in [0.4, 0.5) is 0 Å². The molecular weight excluding hydrogens is 192 g/mol. The van der Waals surface area contributed by atoms with E-state index in [1.165, 1.54) is 0 Å². The molecular formula is C11H22N2O2. The van der Waals surface area contributed by atoms with Gasteiger partial charge in [0.2, 0.25) is 5.91 Å². The molecule has 0 spiro atoms. The Morgan fingerprint density at radius 1 is 1.47 bits per heavy atom. The van der Waals surface area contributed by atoms with Crippen LogP contribution in [0.1, 0.15) is 33.6 Å². The lowest BCUT2D eigenvalue weighted by atomic mass is 9.94. The first-order valence-electron chi connectivity index (χ1n) is 5.64. The van der Waals surface area contributed by atoms with Crippen molar-refractivity contribution in [3.8, 4) is 0 Å². The highest BCUT2D eigenvalue weighted by Crippen LogP contribution is 2.20. The molecule has 4 nitrogen and oxygen atoms in total. The number of hydrogen-bond acceptors (Lipinski definition) is 3. The summed E-state index contributed by atoms with van der Waals surface area (Å²) >= 11 is 0. The van der Waals surface area contributed by atoms with E-state index in [0.29, 0.717) is 38.5 Å². The third kappa shape index (κ3) is 4.18. The van der Waals surface area contributed by atoms with Crippen molar-refractivity contribution >= 4 is 5.91 Å². The number of nitrogens with zero attached hydrogens (tertiary/aromatic N) is 1. The molecule has 1 amide bonds. The van der Waals surface area contributed by atoms with Crippen LogP contribution < -0.4 is 5.32 Å². The normalized spacial score (nSPS) is 20.7. The second kappa shape index (κ2) is 4.94. The van der Waals surface area contributed by atoms with E-state index < -0.39 is 5.60 Å². The Balaban J connectivity index is 2.30. The minimum Gasteiger partial charge on any atom is -0.390 e. The van der Waals surface area contributed by atoms with Gasteiger partial charge in [-0.1, -0.05) is 13.8 Å². The first-order valence-corrected chi connectivity index (χ1v) is 5.64. The van der Waals surface area contributed by atoms with Crippen molar-refractivity contribution in [2.75, 3.05) is 19.6 Å². The van der Waals surface area contributed by atoms with E-state index in [1.807, 2.05) is 25.7 Å². The van der Waals surface area contributed by atoms with Crippen LogP contribution >= 0.6 is 0 Å². The Morgan fingerprint density at radius 3 is 2.47 bits per heavy atom. The van der Waals surface area contributed by atoms with Gasteiger partial charge in [0.25, 0.3) is 0 Å². The molecule has 0 bridgehead atoms. The van der Waals surface area contributed by atoms with Crippen molar-refractivity contribution in [1.29, 1.82) is 0 Å². The lowest BCUT2D eigenvalue weighted by Crippen LogP contribution is -2.48. The van der Waals surface area contributed by atoms with Gasteiger partial charge < -0.3 is 15.3 Å². The molecule has 0 aromatic heterocycles. The van der Waals surface area contributed by atoms with Crippen LogP contribution in [0, 0.1) is 0 Å². The second-order valence-corrected chi connectivity index (χ2v) is 4.91. The van der Waals surface area contributed by atoms with Crippen LogP contribution in [0.5, 0.6) is 0 Å². The number of hydrogen-bond donors (Lipinski definition) is 2. The zero-order valence-corrected chi connectivity index (χ0v) is 9.92. The van der Waals surface area contributed by atoms with E-state index in [0.717, 1.165) is 0 Å². The summed E-state index contributed by atoms with van der Waals surface area (Å²) in [4.78, 5) is 13.5. The summed E-state index contributed by atoms with van der Waals surface area (Å²) in [6.07, 6.45) is 1.36. The van der Waals surface area contributed by atoms with E-state index in [2.05, 4.69) is 5.32 Å². The lowest BCUT2D eigenvalue weighted by molar-refractivity contribution is -0.134. The summed E-state index contributed by atoms with van der Waals surface area (Å²) in [7, 11) is 0. The fourth-order valence-electron chi connectivity index (χ4n) is 1.64. The molecule has 1 fully saturated rings. The van der Waals surface area contributed by atoms with Crippen LogP contribution in [0.2, 0.25) is 0 Å². The molecule has 1 aliphatic rings. The molecule has 15 heavy (non-hydrogen) atoms. The maximum atomic E-state index is 11.7. The molecule has 1 rings (SSSR count). The number of aliphatic hydroxyl groups is 1. The highest BCUT2D eigenvalue weighted by molar-refractivity contribution is 5.78. The average molecular weight is 214 g/mol. The largest absolute Gasteiger partial charge is 0.390 e. The van der Waals surface area contributed by atoms with Crippen molar-refractivity contribution in [3.63, 3.8) is 0 Å². The smallest absolute Gasteiger partial charge is 0.236 e. The van der Waals surface area contributed by atoms with Gasteiger partial charge in [-0.25, -0.2) is 0 Å². The highest BCUT2D eigenvalue weighted by Gasteiger charge is 2.29. The Hall–Kier alpha value is -0.610. The average Bonchev–Trinajstić information content (AvgIpc) is 2.14. The van der Waals surface area contributed by atoms with E-state index in [1.54, 1.807) is 0 Å². The van der Waals surface area contributed by atoms with Crippen LogP contribution in [0.25, 0.3) is 0 Å². The molecule has 88 valence electrons. The number of likely N-dealkylation sites (tertiary alicyclic amines) is 1. The summed E-state index contributed by atoms with van der Waals surface area (Å²) in [5.74, 6) is 0.138. The molecule has 0 aromatic rings. The summed E-state index contributed by atoms with van der Waals surface area (Å²) in [5.41, 5.74) is -0.581. The van der Waals surface area contributed by atoms with Crippen molar-refractivity contribution in [3.05, 3.63) is 0 Å². The van der Waals surface area contributed by atoms with Crippen molar-refractivity contribution in [1.82, 2.24) is 10.2 Å². The van der Waals surface area contributed by atoms with Gasteiger partial charge in [0, 0.05) is 19.1 Å². The zero-order chi connectivity index (χ0) is 11.5. The van der Waals surface area contributed by atoms with Gasteiger partial charge >= 0.3 is 0 Å².